The van der Waals surface area contributed by atoms with E-state index in [1.807, 2.05) is 0 Å². The van der Waals surface area contributed by atoms with E-state index in [-0.39, 0.29) is 0 Å². The van der Waals surface area contributed by atoms with Crippen molar-refractivity contribution in [2.45, 2.75) is 12.8 Å². The van der Waals surface area contributed by atoms with Gasteiger partial charge >= 0.3 is 0 Å². The van der Waals surface area contributed by atoms with E-state index in [0.29, 0.717) is 0 Å². The van der Waals surface area contributed by atoms with E-state index in [1.54, 1.807) is 0 Å². The number of allylic oxidation sites excluding steroid dienone is 4. The first-order valence-corrected chi connectivity index (χ1v) is 11.5. The number of rotatable bonds is 4. The zero-order valence-corrected chi connectivity index (χ0v) is 18.8. The van der Waals surface area contributed by atoms with Gasteiger partial charge in [0.2, 0.25) is 0 Å². The van der Waals surface area contributed by atoms with E-state index < -0.39 is 0 Å². The Morgan fingerprint density at radius 3 is 1.68 bits per heavy atom. The van der Waals surface area contributed by atoms with Gasteiger partial charge in [0.05, 0.1) is 0 Å². The summed E-state index contributed by atoms with van der Waals surface area (Å²) in [6.07, 6.45) is 8.83. The minimum atomic E-state index is 1.05. The first-order chi connectivity index (χ1) is 15.3. The summed E-state index contributed by atoms with van der Waals surface area (Å²) in [5.41, 5.74) is 10.2. The minimum Gasteiger partial charge on any atom is -0.0842 e. The highest BCUT2D eigenvalue weighted by atomic mass is 79.9. The fourth-order valence-electron chi connectivity index (χ4n) is 4.42. The Kier molecular flexibility index (Phi) is 5.69. The summed E-state index contributed by atoms with van der Waals surface area (Å²) < 4.78 is 1.14. The van der Waals surface area contributed by atoms with Gasteiger partial charge in [0.15, 0.2) is 0 Å². The van der Waals surface area contributed by atoms with Gasteiger partial charge in [0.25, 0.3) is 0 Å². The van der Waals surface area contributed by atoms with E-state index in [4.69, 9.17) is 0 Å². The largest absolute Gasteiger partial charge is 0.0842 e. The van der Waals surface area contributed by atoms with Crippen LogP contribution in [0.4, 0.5) is 0 Å². The smallest absolute Gasteiger partial charge is 0.0263 e. The van der Waals surface area contributed by atoms with Crippen LogP contribution in [-0.4, -0.2) is 0 Å². The molecule has 0 amide bonds. The molecule has 1 heteroatoms. The van der Waals surface area contributed by atoms with Crippen molar-refractivity contribution in [3.8, 4) is 33.4 Å². The average molecular weight is 463 g/mol. The zero-order valence-electron chi connectivity index (χ0n) is 17.3. The molecule has 0 aliphatic heterocycles. The molecule has 0 fully saturated rings. The zero-order chi connectivity index (χ0) is 21.0. The normalized spacial score (nSPS) is 13.1. The highest BCUT2D eigenvalue weighted by Gasteiger charge is 2.22. The summed E-state index contributed by atoms with van der Waals surface area (Å²) >= 11 is 3.97. The Balaban J connectivity index is 1.93. The van der Waals surface area contributed by atoms with E-state index in [1.165, 1.54) is 44.5 Å². The van der Waals surface area contributed by atoms with Gasteiger partial charge in [0.1, 0.15) is 0 Å². The predicted octanol–water partition coefficient (Wildman–Crippen LogP) is 9.18. The van der Waals surface area contributed by atoms with Crippen molar-refractivity contribution in [3.63, 3.8) is 0 Å². The first kappa shape index (κ1) is 19.8. The van der Waals surface area contributed by atoms with Crippen LogP contribution < -0.4 is 0 Å². The number of halogens is 1. The van der Waals surface area contributed by atoms with Crippen molar-refractivity contribution < 1.29 is 0 Å². The molecular weight excluding hydrogens is 440 g/mol. The van der Waals surface area contributed by atoms with Gasteiger partial charge in [0, 0.05) is 10.0 Å². The Morgan fingerprint density at radius 1 is 0.581 bits per heavy atom. The fraction of sp³-hybridized carbons (Fsp3) is 0.0667. The highest BCUT2D eigenvalue weighted by Crippen LogP contribution is 2.48. The van der Waals surface area contributed by atoms with E-state index in [0.717, 1.165) is 17.3 Å². The van der Waals surface area contributed by atoms with Crippen molar-refractivity contribution in [1.29, 1.82) is 0 Å². The Morgan fingerprint density at radius 2 is 1.13 bits per heavy atom. The standard InChI is InChI=1S/C30H23Br/c31-27-21-26(22-13-5-1-6-14-22)28(23-15-7-2-8-16-23)30(25-19-11-4-12-20-25)29(27)24-17-9-3-10-18-24/h1-9,11-17,19-21H,10,18H2. The maximum atomic E-state index is 3.97. The molecule has 0 unspecified atom stereocenters. The van der Waals surface area contributed by atoms with Crippen LogP contribution in [0.5, 0.6) is 0 Å². The summed E-state index contributed by atoms with van der Waals surface area (Å²) in [4.78, 5) is 0. The lowest BCUT2D eigenvalue weighted by atomic mass is 9.81. The summed E-state index contributed by atoms with van der Waals surface area (Å²) in [5.74, 6) is 0. The molecule has 0 N–H and O–H groups in total. The molecule has 0 saturated heterocycles. The van der Waals surface area contributed by atoms with Crippen LogP contribution in [0.25, 0.3) is 39.0 Å². The molecule has 1 aliphatic rings. The SMILES string of the molecule is Brc1cc(-c2ccccc2)c(-c2ccccc2)c(-c2ccccc2)c1C1=CC=CCC1. The second-order valence-electron chi connectivity index (χ2n) is 7.79. The van der Waals surface area contributed by atoms with Crippen molar-refractivity contribution >= 4 is 21.5 Å². The van der Waals surface area contributed by atoms with E-state index >= 15 is 0 Å². The molecule has 0 atom stereocenters. The molecule has 5 rings (SSSR count). The Bertz CT molecular complexity index is 1250. The third-order valence-electron chi connectivity index (χ3n) is 5.82. The molecular formula is C30H23Br. The van der Waals surface area contributed by atoms with Crippen LogP contribution in [0, 0.1) is 0 Å². The second kappa shape index (κ2) is 8.91. The lowest BCUT2D eigenvalue weighted by Crippen LogP contribution is -1.99. The summed E-state index contributed by atoms with van der Waals surface area (Å²) in [7, 11) is 0. The van der Waals surface area contributed by atoms with Crippen molar-refractivity contribution in [2.24, 2.45) is 0 Å². The van der Waals surface area contributed by atoms with Gasteiger partial charge in [-0.25, -0.2) is 0 Å². The van der Waals surface area contributed by atoms with E-state index in [2.05, 4.69) is 131 Å². The van der Waals surface area contributed by atoms with Crippen LogP contribution >= 0.6 is 15.9 Å². The molecule has 31 heavy (non-hydrogen) atoms. The molecule has 0 aromatic heterocycles. The fourth-order valence-corrected chi connectivity index (χ4v) is 5.10. The number of hydrogen-bond acceptors (Lipinski definition) is 0. The first-order valence-electron chi connectivity index (χ1n) is 10.7. The van der Waals surface area contributed by atoms with Crippen LogP contribution in [-0.2, 0) is 0 Å². The topological polar surface area (TPSA) is 0 Å². The van der Waals surface area contributed by atoms with E-state index in [9.17, 15) is 0 Å². The minimum absolute atomic E-state index is 1.05. The number of benzene rings is 4. The van der Waals surface area contributed by atoms with Gasteiger partial charge < -0.3 is 0 Å². The molecule has 0 spiro atoms. The van der Waals surface area contributed by atoms with Crippen LogP contribution in [0.15, 0.2) is 120 Å². The summed E-state index contributed by atoms with van der Waals surface area (Å²) in [6, 6.07) is 34.6. The molecule has 0 bridgehead atoms. The summed E-state index contributed by atoms with van der Waals surface area (Å²) in [6.45, 7) is 0. The molecule has 0 heterocycles. The molecule has 0 nitrogen and oxygen atoms in total. The maximum absolute atomic E-state index is 3.97. The van der Waals surface area contributed by atoms with Crippen LogP contribution in [0.2, 0.25) is 0 Å². The molecule has 0 saturated carbocycles. The average Bonchev–Trinajstić information content (AvgIpc) is 2.85. The molecule has 1 aliphatic carbocycles. The van der Waals surface area contributed by atoms with Crippen molar-refractivity contribution in [1.82, 2.24) is 0 Å². The highest BCUT2D eigenvalue weighted by molar-refractivity contribution is 9.10. The Labute approximate surface area is 192 Å². The van der Waals surface area contributed by atoms with Gasteiger partial charge in [-0.15, -0.1) is 0 Å². The lowest BCUT2D eigenvalue weighted by molar-refractivity contribution is 1.05. The second-order valence-corrected chi connectivity index (χ2v) is 8.64. The third-order valence-corrected chi connectivity index (χ3v) is 6.45. The summed E-state index contributed by atoms with van der Waals surface area (Å²) in [5, 5.41) is 0. The van der Waals surface area contributed by atoms with Gasteiger partial charge in [-0.3, -0.25) is 0 Å². The third kappa shape index (κ3) is 3.94. The van der Waals surface area contributed by atoms with Gasteiger partial charge in [-0.2, -0.15) is 0 Å². The molecule has 4 aromatic rings. The lowest BCUT2D eigenvalue weighted by Gasteiger charge is -2.24. The Hall–Kier alpha value is -3.16. The predicted molar refractivity (Wildman–Crippen MR) is 137 cm³/mol. The molecule has 0 radical (unpaired) electrons. The van der Waals surface area contributed by atoms with Gasteiger partial charge in [-0.05, 0) is 57.9 Å². The van der Waals surface area contributed by atoms with Crippen LogP contribution in [0.1, 0.15) is 18.4 Å². The number of hydrogen-bond donors (Lipinski definition) is 0. The molecule has 4 aromatic carbocycles. The maximum Gasteiger partial charge on any atom is 0.0263 e. The molecule has 150 valence electrons. The van der Waals surface area contributed by atoms with Crippen molar-refractivity contribution in [2.75, 3.05) is 0 Å². The van der Waals surface area contributed by atoms with Crippen LogP contribution in [0.3, 0.4) is 0 Å². The quantitative estimate of drug-likeness (QED) is 0.283. The van der Waals surface area contributed by atoms with Crippen molar-refractivity contribution in [3.05, 3.63) is 125 Å². The van der Waals surface area contributed by atoms with Gasteiger partial charge in [-0.1, -0.05) is 125 Å². The monoisotopic (exact) mass is 462 g/mol.